The molecule has 0 fully saturated rings. The highest BCUT2D eigenvalue weighted by Gasteiger charge is 2.12. The number of benzene rings is 1. The first kappa shape index (κ1) is 13.2. The molecular weight excluding hydrogens is 273 g/mol. The summed E-state index contributed by atoms with van der Waals surface area (Å²) in [7, 11) is -5.06. The van der Waals surface area contributed by atoms with Gasteiger partial charge in [0.2, 0.25) is 0 Å². The molecule has 0 aliphatic heterocycles. The maximum absolute atomic E-state index is 12.3. The minimum atomic E-state index is -5.06. The quantitative estimate of drug-likeness (QED) is 0.632. The van der Waals surface area contributed by atoms with E-state index in [-0.39, 0.29) is 11.5 Å². The zero-order valence-corrected chi connectivity index (χ0v) is 10.3. The van der Waals surface area contributed by atoms with Crippen molar-refractivity contribution in [3.63, 3.8) is 0 Å². The first-order chi connectivity index (χ1) is 8.96. The molecule has 2 rings (SSSR count). The van der Waals surface area contributed by atoms with Gasteiger partial charge in [-0.3, -0.25) is 9.78 Å². The second-order valence-electron chi connectivity index (χ2n) is 3.57. The van der Waals surface area contributed by atoms with Crippen LogP contribution in [0.25, 0.3) is 0 Å². The summed E-state index contributed by atoms with van der Waals surface area (Å²) in [5.41, 5.74) is 0.714. The van der Waals surface area contributed by atoms with Crippen LogP contribution >= 0.6 is 0 Å². The van der Waals surface area contributed by atoms with Gasteiger partial charge in [0.15, 0.2) is 5.78 Å². The van der Waals surface area contributed by atoms with E-state index in [0.29, 0.717) is 11.1 Å². The fraction of sp³-hybridized carbons (Fsp3) is 0. The molecular formula is C12H8FNO4S. The average molecular weight is 281 g/mol. The molecule has 0 amide bonds. The summed E-state index contributed by atoms with van der Waals surface area (Å²) < 4.78 is 36.9. The molecule has 0 N–H and O–H groups in total. The van der Waals surface area contributed by atoms with Crippen LogP contribution in [0.4, 0.5) is 3.89 Å². The Balaban J connectivity index is 2.22. The minimum absolute atomic E-state index is 0.203. The highest BCUT2D eigenvalue weighted by molar-refractivity contribution is 7.81. The van der Waals surface area contributed by atoms with Crippen molar-refractivity contribution in [2.24, 2.45) is 0 Å². The number of rotatable bonds is 4. The Morgan fingerprint density at radius 1 is 1.11 bits per heavy atom. The van der Waals surface area contributed by atoms with E-state index in [1.807, 2.05) is 0 Å². The van der Waals surface area contributed by atoms with Gasteiger partial charge in [-0.25, -0.2) is 0 Å². The number of nitrogens with zero attached hydrogens (tertiary/aromatic N) is 1. The summed E-state index contributed by atoms with van der Waals surface area (Å²) >= 11 is 0. The van der Waals surface area contributed by atoms with Crippen molar-refractivity contribution >= 4 is 16.3 Å². The summed E-state index contributed by atoms with van der Waals surface area (Å²) in [6, 6.07) is 8.30. The number of carbonyl (C=O) groups excluding carboxylic acids is 1. The second kappa shape index (κ2) is 5.15. The van der Waals surface area contributed by atoms with Crippen LogP contribution in [-0.2, 0) is 10.5 Å². The van der Waals surface area contributed by atoms with Crippen LogP contribution in [0.2, 0.25) is 0 Å². The van der Waals surface area contributed by atoms with Crippen LogP contribution < -0.4 is 4.18 Å². The van der Waals surface area contributed by atoms with Crippen molar-refractivity contribution in [3.05, 3.63) is 59.9 Å². The molecule has 0 aliphatic rings. The van der Waals surface area contributed by atoms with Crippen molar-refractivity contribution in [1.82, 2.24) is 4.98 Å². The topological polar surface area (TPSA) is 73.3 Å². The van der Waals surface area contributed by atoms with E-state index in [4.69, 9.17) is 0 Å². The van der Waals surface area contributed by atoms with Crippen molar-refractivity contribution in [2.45, 2.75) is 0 Å². The Morgan fingerprint density at radius 2 is 1.79 bits per heavy atom. The molecule has 0 aliphatic carbocycles. The number of ketones is 1. The minimum Gasteiger partial charge on any atom is -0.358 e. The molecule has 0 saturated carbocycles. The lowest BCUT2D eigenvalue weighted by atomic mass is 10.1. The number of hydrogen-bond acceptors (Lipinski definition) is 5. The smallest absolute Gasteiger partial charge is 0.358 e. The van der Waals surface area contributed by atoms with Crippen LogP contribution in [0, 0.1) is 0 Å². The maximum atomic E-state index is 12.3. The van der Waals surface area contributed by atoms with Gasteiger partial charge < -0.3 is 4.18 Å². The Bertz CT molecular complexity index is 683. The highest BCUT2D eigenvalue weighted by atomic mass is 32.3. The molecule has 0 atom stereocenters. The van der Waals surface area contributed by atoms with Crippen molar-refractivity contribution in [3.8, 4) is 5.75 Å². The third-order valence-corrected chi connectivity index (χ3v) is 2.63. The fourth-order valence-electron chi connectivity index (χ4n) is 1.44. The molecule has 19 heavy (non-hydrogen) atoms. The van der Waals surface area contributed by atoms with E-state index in [9.17, 15) is 17.1 Å². The summed E-state index contributed by atoms with van der Waals surface area (Å²) in [6.07, 6.45) is 2.96. The van der Waals surface area contributed by atoms with E-state index < -0.39 is 10.5 Å². The average Bonchev–Trinajstić information content (AvgIpc) is 2.38. The first-order valence-electron chi connectivity index (χ1n) is 5.14. The summed E-state index contributed by atoms with van der Waals surface area (Å²) in [5.74, 6) is -0.479. The van der Waals surface area contributed by atoms with Crippen LogP contribution in [0.15, 0.2) is 48.8 Å². The van der Waals surface area contributed by atoms with Gasteiger partial charge in [0.25, 0.3) is 0 Å². The molecule has 1 aromatic heterocycles. The molecule has 7 heteroatoms. The third-order valence-electron chi connectivity index (χ3n) is 2.24. The zero-order valence-electron chi connectivity index (χ0n) is 9.49. The molecule has 0 spiro atoms. The number of hydrogen-bond donors (Lipinski definition) is 0. The largest absolute Gasteiger partial charge is 0.488 e. The van der Waals surface area contributed by atoms with Crippen LogP contribution in [0.5, 0.6) is 5.75 Å². The third kappa shape index (κ3) is 3.59. The molecule has 0 radical (unpaired) electrons. The fourth-order valence-corrected chi connectivity index (χ4v) is 1.78. The number of carbonyl (C=O) groups is 1. The van der Waals surface area contributed by atoms with Crippen molar-refractivity contribution < 1.29 is 21.3 Å². The summed E-state index contributed by atoms with van der Waals surface area (Å²) in [4.78, 5) is 15.8. The van der Waals surface area contributed by atoms with Gasteiger partial charge in [0.05, 0.1) is 0 Å². The Kier molecular flexibility index (Phi) is 3.57. The van der Waals surface area contributed by atoms with E-state index in [1.165, 1.54) is 30.5 Å². The Morgan fingerprint density at radius 3 is 2.32 bits per heavy atom. The predicted molar refractivity (Wildman–Crippen MR) is 64.8 cm³/mol. The molecule has 2 aromatic rings. The van der Waals surface area contributed by atoms with E-state index in [0.717, 1.165) is 0 Å². The standard InChI is InChI=1S/C12H8FNO4S/c13-19(16,17)18-11-5-3-9(4-6-11)12(15)10-2-1-7-14-8-10/h1-8H. The lowest BCUT2D eigenvalue weighted by Crippen LogP contribution is -2.03. The number of halogens is 1. The molecule has 1 heterocycles. The van der Waals surface area contributed by atoms with Crippen molar-refractivity contribution in [2.75, 3.05) is 0 Å². The van der Waals surface area contributed by atoms with Crippen molar-refractivity contribution in [1.29, 1.82) is 0 Å². The molecule has 1 aromatic carbocycles. The summed E-state index contributed by atoms with van der Waals surface area (Å²) in [6.45, 7) is 0. The van der Waals surface area contributed by atoms with E-state index in [2.05, 4.69) is 9.17 Å². The van der Waals surface area contributed by atoms with Crippen LogP contribution in [0.1, 0.15) is 15.9 Å². The molecule has 0 bridgehead atoms. The Labute approximate surface area is 109 Å². The monoisotopic (exact) mass is 281 g/mol. The van der Waals surface area contributed by atoms with E-state index >= 15 is 0 Å². The number of aromatic nitrogens is 1. The Hall–Kier alpha value is -2.28. The van der Waals surface area contributed by atoms with Gasteiger partial charge in [-0.15, -0.1) is 0 Å². The lowest BCUT2D eigenvalue weighted by molar-refractivity contribution is 0.103. The van der Waals surface area contributed by atoms with E-state index in [1.54, 1.807) is 18.3 Å². The molecule has 98 valence electrons. The van der Waals surface area contributed by atoms with Crippen LogP contribution in [0.3, 0.4) is 0 Å². The zero-order chi connectivity index (χ0) is 13.9. The van der Waals surface area contributed by atoms with Gasteiger partial charge >= 0.3 is 10.5 Å². The van der Waals surface area contributed by atoms with Crippen LogP contribution in [-0.4, -0.2) is 19.2 Å². The number of pyridine rings is 1. The van der Waals surface area contributed by atoms with Gasteiger partial charge in [-0.1, -0.05) is 3.89 Å². The predicted octanol–water partition coefficient (Wildman–Crippen LogP) is 1.91. The second-order valence-corrected chi connectivity index (χ2v) is 4.52. The maximum Gasteiger partial charge on any atom is 0.488 e. The summed E-state index contributed by atoms with van der Waals surface area (Å²) in [5, 5.41) is 0. The van der Waals surface area contributed by atoms with Gasteiger partial charge in [0, 0.05) is 23.5 Å². The SMILES string of the molecule is O=C(c1ccc(OS(=O)(=O)F)cc1)c1cccnc1. The van der Waals surface area contributed by atoms with Gasteiger partial charge in [0.1, 0.15) is 5.75 Å². The lowest BCUT2D eigenvalue weighted by Gasteiger charge is -2.02. The highest BCUT2D eigenvalue weighted by Crippen LogP contribution is 2.17. The molecule has 5 nitrogen and oxygen atoms in total. The normalized spacial score (nSPS) is 11.0. The molecule has 0 unspecified atom stereocenters. The molecule has 0 saturated heterocycles. The first-order valence-corrected chi connectivity index (χ1v) is 6.45. The van der Waals surface area contributed by atoms with Gasteiger partial charge in [-0.05, 0) is 36.4 Å². The van der Waals surface area contributed by atoms with Gasteiger partial charge in [-0.2, -0.15) is 8.42 Å².